The number of esters is 1. The van der Waals surface area contributed by atoms with Crippen LogP contribution >= 0.6 is 0 Å². The van der Waals surface area contributed by atoms with Crippen LogP contribution in [-0.2, 0) is 29.5 Å². The molecule has 0 unspecified atom stereocenters. The zero-order chi connectivity index (χ0) is 14.7. The topological polar surface area (TPSA) is 88.0 Å². The van der Waals surface area contributed by atoms with Crippen LogP contribution in [0.25, 0.3) is 11.2 Å². The summed E-state index contributed by atoms with van der Waals surface area (Å²) in [5, 5.41) is 4.43. The first-order chi connectivity index (χ1) is 9.58. The molecule has 0 atom stereocenters. The van der Waals surface area contributed by atoms with Gasteiger partial charge >= 0.3 is 5.97 Å². The number of nitrogens with two attached hydrogens (primary N) is 1. The number of hydrogen-bond donors (Lipinski definition) is 1. The minimum Gasteiger partial charge on any atom is -0.466 e. The highest BCUT2D eigenvalue weighted by atomic mass is 16.5. The van der Waals surface area contributed by atoms with Crippen molar-refractivity contribution in [2.24, 2.45) is 7.05 Å². The van der Waals surface area contributed by atoms with E-state index in [-0.39, 0.29) is 5.97 Å². The van der Waals surface area contributed by atoms with Gasteiger partial charge in [0, 0.05) is 20.0 Å². The molecule has 7 heteroatoms. The summed E-state index contributed by atoms with van der Waals surface area (Å²) in [6.45, 7) is 4.89. The maximum Gasteiger partial charge on any atom is 0.305 e. The van der Waals surface area contributed by atoms with E-state index in [2.05, 4.69) is 10.1 Å². The van der Waals surface area contributed by atoms with Crippen molar-refractivity contribution in [1.82, 2.24) is 19.3 Å². The number of anilines is 1. The lowest BCUT2D eigenvalue weighted by molar-refractivity contribution is -0.143. The SMILES string of the molecule is CCOC(=O)CCCn1c(N)nc2c(CC)nn(C)c21. The third kappa shape index (κ3) is 2.61. The molecule has 2 aromatic rings. The molecule has 0 fully saturated rings. The number of aryl methyl sites for hydroxylation is 3. The van der Waals surface area contributed by atoms with E-state index in [0.29, 0.717) is 31.9 Å². The fourth-order valence-electron chi connectivity index (χ4n) is 2.33. The smallest absolute Gasteiger partial charge is 0.305 e. The first-order valence-electron chi connectivity index (χ1n) is 6.91. The first-order valence-corrected chi connectivity index (χ1v) is 6.91. The third-order valence-corrected chi connectivity index (χ3v) is 3.22. The minimum absolute atomic E-state index is 0.179. The van der Waals surface area contributed by atoms with Gasteiger partial charge in [0.15, 0.2) is 5.65 Å². The molecule has 0 amide bonds. The van der Waals surface area contributed by atoms with Crippen LogP contribution in [0, 0.1) is 0 Å². The molecule has 0 saturated heterocycles. The molecule has 110 valence electrons. The molecule has 0 aromatic carbocycles. The predicted molar refractivity (Wildman–Crippen MR) is 76.2 cm³/mol. The quantitative estimate of drug-likeness (QED) is 0.804. The summed E-state index contributed by atoms with van der Waals surface area (Å²) in [5.41, 5.74) is 8.66. The molecule has 0 radical (unpaired) electrons. The van der Waals surface area contributed by atoms with Gasteiger partial charge in [-0.3, -0.25) is 14.0 Å². The van der Waals surface area contributed by atoms with E-state index >= 15 is 0 Å². The van der Waals surface area contributed by atoms with Crippen molar-refractivity contribution < 1.29 is 9.53 Å². The van der Waals surface area contributed by atoms with E-state index < -0.39 is 0 Å². The number of carbonyl (C=O) groups excluding carboxylic acids is 1. The van der Waals surface area contributed by atoms with Gasteiger partial charge < -0.3 is 10.5 Å². The molecule has 0 saturated carbocycles. The van der Waals surface area contributed by atoms with Gasteiger partial charge in [0.1, 0.15) is 5.52 Å². The maximum atomic E-state index is 11.3. The average Bonchev–Trinajstić information content (AvgIpc) is 2.88. The predicted octanol–water partition coefficient (Wildman–Crippen LogP) is 1.26. The lowest BCUT2D eigenvalue weighted by Crippen LogP contribution is -2.10. The normalized spacial score (nSPS) is 11.2. The Hall–Kier alpha value is -2.05. The van der Waals surface area contributed by atoms with Gasteiger partial charge in [-0.2, -0.15) is 5.10 Å². The van der Waals surface area contributed by atoms with Crippen molar-refractivity contribution >= 4 is 23.1 Å². The third-order valence-electron chi connectivity index (χ3n) is 3.22. The Labute approximate surface area is 117 Å². The molecule has 20 heavy (non-hydrogen) atoms. The summed E-state index contributed by atoms with van der Waals surface area (Å²) in [4.78, 5) is 15.7. The molecular weight excluding hydrogens is 258 g/mol. The fourth-order valence-corrected chi connectivity index (χ4v) is 2.33. The fraction of sp³-hybridized carbons (Fsp3) is 0.615. The average molecular weight is 279 g/mol. The van der Waals surface area contributed by atoms with E-state index in [1.165, 1.54) is 0 Å². The Bertz CT molecular complexity index is 614. The van der Waals surface area contributed by atoms with Crippen molar-refractivity contribution in [3.05, 3.63) is 5.69 Å². The molecule has 0 aliphatic carbocycles. The first kappa shape index (κ1) is 14.4. The summed E-state index contributed by atoms with van der Waals surface area (Å²) < 4.78 is 8.61. The number of imidazole rings is 1. The van der Waals surface area contributed by atoms with Crippen LogP contribution < -0.4 is 5.73 Å². The second-order valence-corrected chi connectivity index (χ2v) is 4.63. The molecule has 0 aliphatic heterocycles. The number of hydrogen-bond acceptors (Lipinski definition) is 5. The molecule has 2 rings (SSSR count). The van der Waals surface area contributed by atoms with Crippen molar-refractivity contribution in [1.29, 1.82) is 0 Å². The second-order valence-electron chi connectivity index (χ2n) is 4.63. The molecule has 7 nitrogen and oxygen atoms in total. The number of rotatable bonds is 6. The highest BCUT2D eigenvalue weighted by molar-refractivity contribution is 5.77. The second kappa shape index (κ2) is 5.94. The van der Waals surface area contributed by atoms with Gasteiger partial charge in [0.25, 0.3) is 0 Å². The lowest BCUT2D eigenvalue weighted by atomic mass is 10.3. The van der Waals surface area contributed by atoms with E-state index in [1.54, 1.807) is 11.6 Å². The van der Waals surface area contributed by atoms with Crippen LogP contribution in [0.15, 0.2) is 0 Å². The lowest BCUT2D eigenvalue weighted by Gasteiger charge is -2.06. The number of nitrogen functional groups attached to an aromatic ring is 1. The van der Waals surface area contributed by atoms with Crippen LogP contribution in [0.3, 0.4) is 0 Å². The van der Waals surface area contributed by atoms with Crippen molar-refractivity contribution in [3.8, 4) is 0 Å². The Morgan fingerprint density at radius 1 is 1.40 bits per heavy atom. The molecule has 2 N–H and O–H groups in total. The molecule has 0 spiro atoms. The monoisotopic (exact) mass is 279 g/mol. The molecule has 0 aliphatic rings. The van der Waals surface area contributed by atoms with Gasteiger partial charge in [0.2, 0.25) is 5.95 Å². The Balaban J connectivity index is 2.15. The van der Waals surface area contributed by atoms with E-state index in [9.17, 15) is 4.79 Å². The van der Waals surface area contributed by atoms with Gasteiger partial charge in [0.05, 0.1) is 12.3 Å². The number of carbonyl (C=O) groups is 1. The van der Waals surface area contributed by atoms with Crippen LogP contribution in [-0.4, -0.2) is 31.9 Å². The van der Waals surface area contributed by atoms with Crippen LogP contribution in [0.2, 0.25) is 0 Å². The van der Waals surface area contributed by atoms with Gasteiger partial charge in [-0.25, -0.2) is 4.98 Å². The zero-order valence-electron chi connectivity index (χ0n) is 12.2. The Morgan fingerprint density at radius 2 is 2.15 bits per heavy atom. The van der Waals surface area contributed by atoms with Gasteiger partial charge in [-0.1, -0.05) is 6.92 Å². The molecule has 2 aromatic heterocycles. The Kier molecular flexibility index (Phi) is 4.26. The largest absolute Gasteiger partial charge is 0.466 e. The number of aromatic nitrogens is 4. The van der Waals surface area contributed by atoms with E-state index in [0.717, 1.165) is 23.3 Å². The van der Waals surface area contributed by atoms with E-state index in [4.69, 9.17) is 10.5 Å². The molecule has 2 heterocycles. The van der Waals surface area contributed by atoms with Crippen LogP contribution in [0.5, 0.6) is 0 Å². The van der Waals surface area contributed by atoms with Crippen molar-refractivity contribution in [2.45, 2.75) is 39.7 Å². The van der Waals surface area contributed by atoms with Gasteiger partial charge in [-0.05, 0) is 19.8 Å². The van der Waals surface area contributed by atoms with E-state index in [1.807, 2.05) is 18.5 Å². The van der Waals surface area contributed by atoms with Crippen LogP contribution in [0.4, 0.5) is 5.95 Å². The summed E-state index contributed by atoms with van der Waals surface area (Å²) in [7, 11) is 1.88. The summed E-state index contributed by atoms with van der Waals surface area (Å²) in [6.07, 6.45) is 1.86. The maximum absolute atomic E-state index is 11.3. The standard InChI is InChI=1S/C13H21N5O2/c1-4-9-11-12(17(3)16-9)18(13(14)15-11)8-6-7-10(19)20-5-2/h4-8H2,1-3H3,(H2,14,15). The summed E-state index contributed by atoms with van der Waals surface area (Å²) in [6, 6.07) is 0. The minimum atomic E-state index is -0.179. The van der Waals surface area contributed by atoms with Crippen molar-refractivity contribution in [3.63, 3.8) is 0 Å². The summed E-state index contributed by atoms with van der Waals surface area (Å²) >= 11 is 0. The Morgan fingerprint density at radius 3 is 2.80 bits per heavy atom. The highest BCUT2D eigenvalue weighted by Gasteiger charge is 2.16. The number of ether oxygens (including phenoxy) is 1. The number of nitrogens with zero attached hydrogens (tertiary/aromatic N) is 4. The highest BCUT2D eigenvalue weighted by Crippen LogP contribution is 2.21. The zero-order valence-corrected chi connectivity index (χ0v) is 12.2. The number of fused-ring (bicyclic) bond motifs is 1. The molecular formula is C13H21N5O2. The van der Waals surface area contributed by atoms with Crippen molar-refractivity contribution in [2.75, 3.05) is 12.3 Å². The van der Waals surface area contributed by atoms with Crippen LogP contribution in [0.1, 0.15) is 32.4 Å². The summed E-state index contributed by atoms with van der Waals surface area (Å²) in [5.74, 6) is 0.285. The molecule has 0 bridgehead atoms. The van der Waals surface area contributed by atoms with Gasteiger partial charge in [-0.15, -0.1) is 0 Å².